The number of anilines is 2. The molecular formula is C18H28N6O6. The molecule has 166 valence electrons. The summed E-state index contributed by atoms with van der Waals surface area (Å²) in [5, 5.41) is 5.89. The Balaban J connectivity index is 1.76. The first-order valence-electron chi connectivity index (χ1n) is 9.59. The second-order valence-electron chi connectivity index (χ2n) is 8.01. The van der Waals surface area contributed by atoms with Crippen molar-refractivity contribution in [2.75, 3.05) is 36.9 Å². The van der Waals surface area contributed by atoms with Crippen LogP contribution in [0.25, 0.3) is 0 Å². The zero-order valence-electron chi connectivity index (χ0n) is 17.5. The quantitative estimate of drug-likeness (QED) is 0.438. The fraction of sp³-hybridized carbons (Fsp3) is 0.667. The third-order valence-electron chi connectivity index (χ3n) is 4.49. The summed E-state index contributed by atoms with van der Waals surface area (Å²) in [6.07, 6.45) is -0.555. The number of hydrogen-bond donors (Lipinski definition) is 4. The maximum absolute atomic E-state index is 11.9. The summed E-state index contributed by atoms with van der Waals surface area (Å²) in [7, 11) is 0. The summed E-state index contributed by atoms with van der Waals surface area (Å²) in [6.45, 7) is 8.46. The lowest BCUT2D eigenvalue weighted by atomic mass is 10.3. The molecule has 0 aromatic carbocycles. The summed E-state index contributed by atoms with van der Waals surface area (Å²) < 4.78 is 22.4. The molecule has 1 aromatic rings. The molecule has 0 unspecified atom stereocenters. The zero-order valence-corrected chi connectivity index (χ0v) is 17.5. The van der Waals surface area contributed by atoms with E-state index in [2.05, 4.69) is 20.6 Å². The fourth-order valence-electron chi connectivity index (χ4n) is 3.17. The van der Waals surface area contributed by atoms with Gasteiger partial charge in [-0.15, -0.1) is 0 Å². The molecule has 3 heterocycles. The van der Waals surface area contributed by atoms with E-state index >= 15 is 0 Å². The third-order valence-corrected chi connectivity index (χ3v) is 4.49. The number of carbonyl (C=O) groups excluding carboxylic acids is 2. The number of nitrogens with two attached hydrogens (primary N) is 2. The van der Waals surface area contributed by atoms with Crippen molar-refractivity contribution in [1.29, 1.82) is 0 Å². The molecule has 6 N–H and O–H groups in total. The average Bonchev–Trinajstić information content (AvgIpc) is 3.18. The van der Waals surface area contributed by atoms with Crippen molar-refractivity contribution in [2.24, 2.45) is 11.5 Å². The molecular weight excluding hydrogens is 396 g/mol. The van der Waals surface area contributed by atoms with E-state index in [1.807, 2.05) is 0 Å². The average molecular weight is 424 g/mol. The maximum atomic E-state index is 11.9. The van der Waals surface area contributed by atoms with Gasteiger partial charge in [0.15, 0.2) is 34.6 Å². The summed E-state index contributed by atoms with van der Waals surface area (Å²) in [5.74, 6) is -2.94. The minimum Gasteiger partial charge on any atom is -0.365 e. The van der Waals surface area contributed by atoms with Crippen LogP contribution in [0.15, 0.2) is 0 Å². The Morgan fingerprint density at radius 3 is 1.50 bits per heavy atom. The van der Waals surface area contributed by atoms with Crippen molar-refractivity contribution >= 4 is 23.5 Å². The first-order chi connectivity index (χ1) is 14.0. The topological polar surface area (TPSA) is 173 Å². The number of aromatic nitrogens is 2. The van der Waals surface area contributed by atoms with E-state index in [9.17, 15) is 9.59 Å². The number of hydrogen-bond acceptors (Lipinski definition) is 10. The summed E-state index contributed by atoms with van der Waals surface area (Å²) in [5.41, 5.74) is 10.7. The molecule has 12 nitrogen and oxygen atoms in total. The molecule has 3 rings (SSSR count). The second-order valence-corrected chi connectivity index (χ2v) is 8.01. The van der Waals surface area contributed by atoms with Crippen LogP contribution in [0.2, 0.25) is 0 Å². The smallest absolute Gasteiger partial charge is 0.271 e. The Morgan fingerprint density at radius 1 is 0.867 bits per heavy atom. The molecule has 0 bridgehead atoms. The van der Waals surface area contributed by atoms with Crippen LogP contribution in [0.5, 0.6) is 0 Å². The first kappa shape index (κ1) is 22.2. The standard InChI is InChI=1S/C18H28N6O6/c1-17(2)27-7-9(29-17)5-21-15-11(13(19)25)24-16(12(23-15)14(20)26)22-6-10-8-28-18(3,4)30-10/h9-10H,5-8H2,1-4H3,(H2,19,25)(H2,20,26)(H,21,23)(H,22,24)/t9-,10-/m0/s1. The number of rotatable bonds is 8. The van der Waals surface area contributed by atoms with E-state index in [1.54, 1.807) is 27.7 Å². The van der Waals surface area contributed by atoms with Gasteiger partial charge in [0, 0.05) is 13.1 Å². The number of nitrogens with zero attached hydrogens (tertiary/aromatic N) is 2. The van der Waals surface area contributed by atoms with Crippen LogP contribution >= 0.6 is 0 Å². The highest BCUT2D eigenvalue weighted by Gasteiger charge is 2.34. The van der Waals surface area contributed by atoms with Gasteiger partial charge in [0.1, 0.15) is 12.2 Å². The van der Waals surface area contributed by atoms with Gasteiger partial charge >= 0.3 is 0 Å². The molecule has 2 atom stereocenters. The lowest BCUT2D eigenvalue weighted by Crippen LogP contribution is -2.30. The number of amides is 2. The van der Waals surface area contributed by atoms with E-state index in [4.69, 9.17) is 30.4 Å². The van der Waals surface area contributed by atoms with E-state index in [-0.39, 0.29) is 48.3 Å². The van der Waals surface area contributed by atoms with Gasteiger partial charge in [-0.2, -0.15) is 0 Å². The van der Waals surface area contributed by atoms with Crippen LogP contribution in [0, 0.1) is 0 Å². The molecule has 12 heteroatoms. The second kappa shape index (κ2) is 8.30. The van der Waals surface area contributed by atoms with Crippen molar-refractivity contribution in [2.45, 2.75) is 51.5 Å². The van der Waals surface area contributed by atoms with Gasteiger partial charge in [-0.05, 0) is 27.7 Å². The lowest BCUT2D eigenvalue weighted by Gasteiger charge is -2.19. The fourth-order valence-corrected chi connectivity index (χ4v) is 3.17. The molecule has 2 fully saturated rings. The van der Waals surface area contributed by atoms with Crippen LogP contribution < -0.4 is 22.1 Å². The molecule has 0 spiro atoms. The van der Waals surface area contributed by atoms with Gasteiger partial charge in [-0.3, -0.25) is 9.59 Å². The van der Waals surface area contributed by atoms with Crippen LogP contribution in [-0.4, -0.2) is 71.9 Å². The van der Waals surface area contributed by atoms with Gasteiger partial charge < -0.3 is 41.0 Å². The van der Waals surface area contributed by atoms with Crippen LogP contribution in [0.3, 0.4) is 0 Å². The van der Waals surface area contributed by atoms with Crippen molar-refractivity contribution in [3.8, 4) is 0 Å². The molecule has 0 saturated carbocycles. The highest BCUT2D eigenvalue weighted by molar-refractivity contribution is 6.00. The Bertz CT molecular complexity index is 762. The van der Waals surface area contributed by atoms with Gasteiger partial charge in [0.25, 0.3) is 11.8 Å². The molecule has 2 saturated heterocycles. The van der Waals surface area contributed by atoms with Gasteiger partial charge in [0.05, 0.1) is 13.2 Å². The monoisotopic (exact) mass is 424 g/mol. The summed E-state index contributed by atoms with van der Waals surface area (Å²) in [6, 6.07) is 0. The highest BCUT2D eigenvalue weighted by Crippen LogP contribution is 2.25. The third kappa shape index (κ3) is 5.33. The molecule has 0 radical (unpaired) electrons. The normalized spacial score (nSPS) is 24.5. The molecule has 0 aliphatic carbocycles. The number of primary amides is 2. The number of nitrogens with one attached hydrogen (secondary N) is 2. The molecule has 2 amide bonds. The first-order valence-corrected chi connectivity index (χ1v) is 9.59. The van der Waals surface area contributed by atoms with Crippen molar-refractivity contribution < 1.29 is 28.5 Å². The largest absolute Gasteiger partial charge is 0.365 e. The van der Waals surface area contributed by atoms with Gasteiger partial charge in [-0.1, -0.05) is 0 Å². The Kier molecular flexibility index (Phi) is 6.13. The van der Waals surface area contributed by atoms with Crippen LogP contribution in [0.1, 0.15) is 48.7 Å². The minimum atomic E-state index is -0.811. The molecule has 2 aliphatic rings. The van der Waals surface area contributed by atoms with E-state index in [0.717, 1.165) is 0 Å². The van der Waals surface area contributed by atoms with E-state index < -0.39 is 23.4 Å². The zero-order chi connectivity index (χ0) is 22.1. The molecule has 2 aliphatic heterocycles. The van der Waals surface area contributed by atoms with Gasteiger partial charge in [0.2, 0.25) is 0 Å². The van der Waals surface area contributed by atoms with Gasteiger partial charge in [-0.25, -0.2) is 9.97 Å². The predicted molar refractivity (Wildman–Crippen MR) is 106 cm³/mol. The summed E-state index contributed by atoms with van der Waals surface area (Å²) in [4.78, 5) is 32.2. The van der Waals surface area contributed by atoms with Crippen molar-refractivity contribution in [1.82, 2.24) is 9.97 Å². The maximum Gasteiger partial charge on any atom is 0.271 e. The number of ether oxygens (including phenoxy) is 4. The molecule has 30 heavy (non-hydrogen) atoms. The lowest BCUT2D eigenvalue weighted by molar-refractivity contribution is -0.137. The van der Waals surface area contributed by atoms with Crippen LogP contribution in [-0.2, 0) is 18.9 Å². The summed E-state index contributed by atoms with van der Waals surface area (Å²) >= 11 is 0. The highest BCUT2D eigenvalue weighted by atomic mass is 16.7. The SMILES string of the molecule is CC1(C)OC[C@H](CNc2nc(C(N)=O)c(NC[C@H]3COC(C)(C)O3)nc2C(N)=O)O1. The Labute approximate surface area is 174 Å². The van der Waals surface area contributed by atoms with Crippen molar-refractivity contribution in [3.05, 3.63) is 11.4 Å². The minimum absolute atomic E-state index is 0.0386. The van der Waals surface area contributed by atoms with E-state index in [0.29, 0.717) is 13.2 Å². The van der Waals surface area contributed by atoms with Crippen molar-refractivity contribution in [3.63, 3.8) is 0 Å². The predicted octanol–water partition coefficient (Wildman–Crippen LogP) is -0.199. The van der Waals surface area contributed by atoms with Crippen LogP contribution in [0.4, 0.5) is 11.6 Å². The van der Waals surface area contributed by atoms with E-state index in [1.165, 1.54) is 0 Å². The molecule has 1 aromatic heterocycles. The number of carbonyl (C=O) groups is 2. The Hall–Kier alpha value is -2.54. The Morgan fingerprint density at radius 2 is 1.23 bits per heavy atom.